The van der Waals surface area contributed by atoms with Crippen LogP contribution in [0.4, 0.5) is 5.82 Å². The smallest absolute Gasteiger partial charge is 0.228 e. The van der Waals surface area contributed by atoms with E-state index in [1.807, 2.05) is 10.7 Å². The van der Waals surface area contributed by atoms with Gasteiger partial charge in [0.2, 0.25) is 5.91 Å². The zero-order chi connectivity index (χ0) is 18.1. The van der Waals surface area contributed by atoms with E-state index >= 15 is 0 Å². The Bertz CT molecular complexity index is 953. The second-order valence-electron chi connectivity index (χ2n) is 7.40. The van der Waals surface area contributed by atoms with Crippen LogP contribution in [0.5, 0.6) is 0 Å². The van der Waals surface area contributed by atoms with Crippen LogP contribution >= 0.6 is 0 Å². The first-order chi connectivity index (χ1) is 12.7. The van der Waals surface area contributed by atoms with E-state index in [4.69, 9.17) is 4.98 Å². The number of pyridine rings is 1. The minimum Gasteiger partial charge on any atom is -0.308 e. The maximum Gasteiger partial charge on any atom is 0.228 e. The lowest BCUT2D eigenvalue weighted by molar-refractivity contribution is -0.120. The molecule has 0 aliphatic heterocycles. The molecule has 1 aliphatic carbocycles. The third kappa shape index (κ3) is 3.06. The van der Waals surface area contributed by atoms with Gasteiger partial charge in [0, 0.05) is 17.8 Å². The molecule has 1 saturated carbocycles. The first kappa shape index (κ1) is 17.0. The molecule has 26 heavy (non-hydrogen) atoms. The van der Waals surface area contributed by atoms with Crippen LogP contribution in [0, 0.1) is 12.8 Å². The van der Waals surface area contributed by atoms with E-state index in [0.29, 0.717) is 5.82 Å². The number of fused-ring (bicyclic) bond motifs is 2. The van der Waals surface area contributed by atoms with Crippen LogP contribution in [0.1, 0.15) is 51.0 Å². The van der Waals surface area contributed by atoms with Crippen LogP contribution in [0.25, 0.3) is 21.9 Å². The number of benzene rings is 1. The summed E-state index contributed by atoms with van der Waals surface area (Å²) in [6, 6.07) is 8.30. The molecule has 1 aromatic carbocycles. The van der Waals surface area contributed by atoms with Gasteiger partial charge in [-0.1, -0.05) is 44.4 Å². The number of carbonyl (C=O) groups excluding carboxylic acids is 1. The molecule has 1 fully saturated rings. The molecule has 4 rings (SSSR count). The van der Waals surface area contributed by atoms with Crippen molar-refractivity contribution in [2.24, 2.45) is 5.92 Å². The highest BCUT2D eigenvalue weighted by Gasteiger charge is 2.23. The average molecular weight is 350 g/mol. The first-order valence-electron chi connectivity index (χ1n) is 9.75. The predicted octanol–water partition coefficient (Wildman–Crippen LogP) is 4.82. The molecular formula is C21H26N4O. The van der Waals surface area contributed by atoms with Crippen LogP contribution in [-0.4, -0.2) is 20.7 Å². The standard InChI is InChI=1S/C21H26N4O/c1-3-12-25-20-17(13-16-11-7-8-14(2)18(16)22-20)19(24-25)23-21(26)15-9-5-4-6-10-15/h7-8,11,13,15H,3-6,9-10,12H2,1-2H3,(H,23,24,26). The number of hydrogen-bond donors (Lipinski definition) is 1. The first-order valence-corrected chi connectivity index (χ1v) is 9.75. The van der Waals surface area contributed by atoms with Gasteiger partial charge in [0.05, 0.1) is 10.9 Å². The van der Waals surface area contributed by atoms with Gasteiger partial charge in [0.1, 0.15) is 0 Å². The summed E-state index contributed by atoms with van der Waals surface area (Å²) in [5, 5.41) is 9.81. The van der Waals surface area contributed by atoms with E-state index in [0.717, 1.165) is 66.1 Å². The van der Waals surface area contributed by atoms with Crippen LogP contribution in [-0.2, 0) is 11.3 Å². The average Bonchev–Trinajstić information content (AvgIpc) is 2.98. The van der Waals surface area contributed by atoms with Gasteiger partial charge in [0.15, 0.2) is 11.5 Å². The molecule has 0 spiro atoms. The zero-order valence-electron chi connectivity index (χ0n) is 15.6. The summed E-state index contributed by atoms with van der Waals surface area (Å²) in [7, 11) is 0. The monoisotopic (exact) mass is 350 g/mol. The number of nitrogens with one attached hydrogen (secondary N) is 1. The molecule has 0 radical (unpaired) electrons. The van der Waals surface area contributed by atoms with E-state index in [9.17, 15) is 4.79 Å². The molecule has 2 aromatic heterocycles. The molecule has 3 aromatic rings. The lowest BCUT2D eigenvalue weighted by atomic mass is 9.89. The van der Waals surface area contributed by atoms with Crippen molar-refractivity contribution >= 4 is 33.7 Å². The van der Waals surface area contributed by atoms with Crippen molar-refractivity contribution in [1.82, 2.24) is 14.8 Å². The van der Waals surface area contributed by atoms with Crippen molar-refractivity contribution < 1.29 is 4.79 Å². The molecule has 0 bridgehead atoms. The van der Waals surface area contributed by atoms with Crippen molar-refractivity contribution in [2.45, 2.75) is 58.9 Å². The van der Waals surface area contributed by atoms with E-state index in [-0.39, 0.29) is 11.8 Å². The molecule has 1 N–H and O–H groups in total. The van der Waals surface area contributed by atoms with Gasteiger partial charge in [-0.3, -0.25) is 4.79 Å². The Morgan fingerprint density at radius 3 is 2.85 bits per heavy atom. The lowest BCUT2D eigenvalue weighted by Gasteiger charge is -2.20. The van der Waals surface area contributed by atoms with E-state index in [1.165, 1.54) is 6.42 Å². The summed E-state index contributed by atoms with van der Waals surface area (Å²) in [6.07, 6.45) is 6.48. The van der Waals surface area contributed by atoms with E-state index in [1.54, 1.807) is 0 Å². The number of carbonyl (C=O) groups is 1. The molecular weight excluding hydrogens is 324 g/mol. The normalized spacial score (nSPS) is 15.6. The van der Waals surface area contributed by atoms with Crippen molar-refractivity contribution in [3.8, 4) is 0 Å². The Balaban J connectivity index is 1.77. The quantitative estimate of drug-likeness (QED) is 0.734. The zero-order valence-corrected chi connectivity index (χ0v) is 15.6. The van der Waals surface area contributed by atoms with Gasteiger partial charge in [0.25, 0.3) is 0 Å². The summed E-state index contributed by atoms with van der Waals surface area (Å²) < 4.78 is 1.93. The predicted molar refractivity (Wildman–Crippen MR) is 105 cm³/mol. The highest BCUT2D eigenvalue weighted by Crippen LogP contribution is 2.29. The number of aryl methyl sites for hydroxylation is 2. The van der Waals surface area contributed by atoms with Gasteiger partial charge >= 0.3 is 0 Å². The fourth-order valence-corrected chi connectivity index (χ4v) is 3.97. The number of amides is 1. The summed E-state index contributed by atoms with van der Waals surface area (Å²) in [6.45, 7) is 4.99. The molecule has 136 valence electrons. The molecule has 5 heteroatoms. The van der Waals surface area contributed by atoms with Gasteiger partial charge in [-0.25, -0.2) is 9.67 Å². The maximum absolute atomic E-state index is 12.7. The third-order valence-corrected chi connectivity index (χ3v) is 5.40. The number of rotatable bonds is 4. The Kier molecular flexibility index (Phi) is 4.62. The van der Waals surface area contributed by atoms with Gasteiger partial charge in [-0.2, -0.15) is 5.10 Å². The highest BCUT2D eigenvalue weighted by molar-refractivity contribution is 6.03. The number of nitrogens with zero attached hydrogens (tertiary/aromatic N) is 3. The van der Waals surface area contributed by atoms with Crippen molar-refractivity contribution in [2.75, 3.05) is 5.32 Å². The summed E-state index contributed by atoms with van der Waals surface area (Å²) in [4.78, 5) is 17.6. The molecule has 0 saturated heterocycles. The Labute approximate surface area is 153 Å². The maximum atomic E-state index is 12.7. The van der Waals surface area contributed by atoms with Gasteiger partial charge in [-0.15, -0.1) is 0 Å². The van der Waals surface area contributed by atoms with Crippen LogP contribution in [0.3, 0.4) is 0 Å². The number of hydrogen-bond acceptors (Lipinski definition) is 3. The molecule has 0 atom stereocenters. The fourth-order valence-electron chi connectivity index (χ4n) is 3.97. The van der Waals surface area contributed by atoms with E-state index < -0.39 is 0 Å². The molecule has 2 heterocycles. The second-order valence-corrected chi connectivity index (χ2v) is 7.40. The molecule has 1 aliphatic rings. The minimum absolute atomic E-state index is 0.108. The van der Waals surface area contributed by atoms with Crippen LogP contribution < -0.4 is 5.32 Å². The van der Waals surface area contributed by atoms with Crippen molar-refractivity contribution in [1.29, 1.82) is 0 Å². The third-order valence-electron chi connectivity index (χ3n) is 5.40. The number of para-hydroxylation sites is 1. The van der Waals surface area contributed by atoms with Gasteiger partial charge < -0.3 is 5.32 Å². The molecule has 0 unspecified atom stereocenters. The number of anilines is 1. The van der Waals surface area contributed by atoms with E-state index in [2.05, 4.69) is 42.5 Å². The Morgan fingerprint density at radius 1 is 1.27 bits per heavy atom. The summed E-state index contributed by atoms with van der Waals surface area (Å²) in [5.41, 5.74) is 3.01. The topological polar surface area (TPSA) is 59.8 Å². The van der Waals surface area contributed by atoms with Gasteiger partial charge in [-0.05, 0) is 37.8 Å². The van der Waals surface area contributed by atoms with Crippen LogP contribution in [0.15, 0.2) is 24.3 Å². The van der Waals surface area contributed by atoms with Crippen molar-refractivity contribution in [3.63, 3.8) is 0 Å². The summed E-state index contributed by atoms with van der Waals surface area (Å²) in [5.74, 6) is 0.878. The summed E-state index contributed by atoms with van der Waals surface area (Å²) >= 11 is 0. The highest BCUT2D eigenvalue weighted by atomic mass is 16.2. The molecule has 1 amide bonds. The SMILES string of the molecule is CCCn1nc(NC(=O)C2CCCCC2)c2cc3cccc(C)c3nc21. The van der Waals surface area contributed by atoms with Crippen molar-refractivity contribution in [3.05, 3.63) is 29.8 Å². The Hall–Kier alpha value is -2.43. The largest absolute Gasteiger partial charge is 0.308 e. The Morgan fingerprint density at radius 2 is 2.08 bits per heavy atom. The van der Waals surface area contributed by atoms with Crippen LogP contribution in [0.2, 0.25) is 0 Å². The minimum atomic E-state index is 0.108. The molecule has 5 nitrogen and oxygen atoms in total. The second kappa shape index (κ2) is 7.06. The fraction of sp³-hybridized carbons (Fsp3) is 0.476. The number of aromatic nitrogens is 3. The lowest BCUT2D eigenvalue weighted by Crippen LogP contribution is -2.25.